The van der Waals surface area contributed by atoms with Crippen molar-refractivity contribution in [2.75, 3.05) is 10.8 Å². The van der Waals surface area contributed by atoms with Crippen LogP contribution in [0.25, 0.3) is 0 Å². The molecule has 10 heteroatoms. The average molecular weight is 679 g/mol. The zero-order valence-corrected chi connectivity index (χ0v) is 27.7. The van der Waals surface area contributed by atoms with Crippen molar-refractivity contribution >= 4 is 50.7 Å². The molecule has 4 aromatic rings. The number of hydrogen-bond acceptors (Lipinski definition) is 4. The van der Waals surface area contributed by atoms with E-state index in [1.54, 1.807) is 18.2 Å². The second-order valence-electron chi connectivity index (χ2n) is 11.5. The molecule has 0 heterocycles. The van der Waals surface area contributed by atoms with E-state index < -0.39 is 28.5 Å². The highest BCUT2D eigenvalue weighted by atomic mass is 35.5. The Morgan fingerprint density at radius 2 is 1.37 bits per heavy atom. The van der Waals surface area contributed by atoms with Gasteiger partial charge in [-0.1, -0.05) is 121 Å². The van der Waals surface area contributed by atoms with Gasteiger partial charge < -0.3 is 10.2 Å². The van der Waals surface area contributed by atoms with Crippen LogP contribution in [0, 0.1) is 0 Å². The minimum Gasteiger partial charge on any atom is -0.352 e. The molecule has 0 saturated heterocycles. The molecule has 1 atom stereocenters. The fourth-order valence-corrected chi connectivity index (χ4v) is 7.81. The van der Waals surface area contributed by atoms with Gasteiger partial charge >= 0.3 is 0 Å². The number of carbonyl (C=O) groups is 2. The summed E-state index contributed by atoms with van der Waals surface area (Å²) in [6.07, 6.45) is 5.23. The highest BCUT2D eigenvalue weighted by molar-refractivity contribution is 7.92. The van der Waals surface area contributed by atoms with E-state index in [1.165, 1.54) is 35.2 Å². The molecule has 0 unspecified atom stereocenters. The van der Waals surface area contributed by atoms with Crippen LogP contribution in [-0.2, 0) is 32.6 Å². The number of anilines is 1. The number of carbonyl (C=O) groups excluding carboxylic acids is 2. The topological polar surface area (TPSA) is 86.8 Å². The van der Waals surface area contributed by atoms with Crippen LogP contribution in [0.1, 0.15) is 43.2 Å². The maximum Gasteiger partial charge on any atom is 0.264 e. The minimum atomic E-state index is -4.26. The molecule has 0 bridgehead atoms. The van der Waals surface area contributed by atoms with Gasteiger partial charge in [-0.2, -0.15) is 0 Å². The van der Waals surface area contributed by atoms with Gasteiger partial charge in [0.15, 0.2) is 0 Å². The number of nitrogens with one attached hydrogen (secondary N) is 1. The molecule has 1 aliphatic rings. The summed E-state index contributed by atoms with van der Waals surface area (Å²) in [5, 5.41) is 3.61. The lowest BCUT2D eigenvalue weighted by Crippen LogP contribution is -2.55. The molecule has 7 nitrogen and oxygen atoms in total. The lowest BCUT2D eigenvalue weighted by Gasteiger charge is -2.35. The van der Waals surface area contributed by atoms with E-state index in [0.29, 0.717) is 5.02 Å². The summed E-state index contributed by atoms with van der Waals surface area (Å²) in [4.78, 5) is 30.2. The molecule has 0 spiro atoms. The molecule has 0 aromatic heterocycles. The van der Waals surface area contributed by atoms with Crippen molar-refractivity contribution in [1.29, 1.82) is 0 Å². The van der Waals surface area contributed by atoms with E-state index in [9.17, 15) is 18.0 Å². The fraction of sp³-hybridized carbons (Fsp3) is 0.278. The first-order valence-corrected chi connectivity index (χ1v) is 17.6. The van der Waals surface area contributed by atoms with Crippen molar-refractivity contribution < 1.29 is 18.0 Å². The van der Waals surface area contributed by atoms with Crippen LogP contribution in [0.5, 0.6) is 0 Å². The van der Waals surface area contributed by atoms with Gasteiger partial charge in [-0.05, 0) is 54.3 Å². The summed E-state index contributed by atoms with van der Waals surface area (Å²) >= 11 is 12.7. The Bertz CT molecular complexity index is 1720. The van der Waals surface area contributed by atoms with Crippen molar-refractivity contribution in [3.8, 4) is 0 Å². The van der Waals surface area contributed by atoms with Crippen LogP contribution in [0.4, 0.5) is 5.69 Å². The maximum atomic E-state index is 14.6. The van der Waals surface area contributed by atoms with E-state index in [1.807, 2.05) is 60.7 Å². The Balaban J connectivity index is 1.56. The smallest absolute Gasteiger partial charge is 0.264 e. The third kappa shape index (κ3) is 8.49. The van der Waals surface area contributed by atoms with Gasteiger partial charge in [0.25, 0.3) is 10.0 Å². The molecular formula is C36H37Cl2N3O4S. The Kier molecular flexibility index (Phi) is 11.4. The highest BCUT2D eigenvalue weighted by Crippen LogP contribution is 2.33. The summed E-state index contributed by atoms with van der Waals surface area (Å²) in [5.41, 5.74) is 1.79. The van der Waals surface area contributed by atoms with Crippen molar-refractivity contribution in [2.24, 2.45) is 0 Å². The number of nitrogens with zero attached hydrogens (tertiary/aromatic N) is 2. The summed E-state index contributed by atoms with van der Waals surface area (Å²) in [7, 11) is -4.26. The summed E-state index contributed by atoms with van der Waals surface area (Å²) in [6.45, 7) is -0.490. The Hall–Kier alpha value is -3.85. The molecule has 2 amide bonds. The number of amides is 2. The van der Waals surface area contributed by atoms with Crippen LogP contribution in [0.3, 0.4) is 0 Å². The van der Waals surface area contributed by atoms with E-state index in [0.717, 1.165) is 47.5 Å². The SMILES string of the molecule is O=C(NC1CCCCC1)[C@H](Cc1ccccc1)N(Cc1ccccc1)C(=O)CN(c1ccc(Cl)cc1Cl)S(=O)(=O)c1ccccc1. The predicted molar refractivity (Wildman–Crippen MR) is 183 cm³/mol. The zero-order valence-electron chi connectivity index (χ0n) is 25.4. The number of rotatable bonds is 12. The average Bonchev–Trinajstić information content (AvgIpc) is 3.07. The first-order valence-electron chi connectivity index (χ1n) is 15.4. The van der Waals surface area contributed by atoms with Gasteiger partial charge in [-0.25, -0.2) is 8.42 Å². The number of benzene rings is 4. The molecule has 1 fully saturated rings. The van der Waals surface area contributed by atoms with Crippen LogP contribution in [0.2, 0.25) is 10.0 Å². The van der Waals surface area contributed by atoms with Crippen molar-refractivity contribution in [1.82, 2.24) is 10.2 Å². The molecule has 4 aromatic carbocycles. The van der Waals surface area contributed by atoms with Gasteiger partial charge in [-0.15, -0.1) is 0 Å². The number of halogens is 2. The first kappa shape index (κ1) is 33.5. The maximum absolute atomic E-state index is 14.6. The summed E-state index contributed by atoms with van der Waals surface area (Å²) in [5.74, 6) is -0.809. The molecule has 0 radical (unpaired) electrons. The van der Waals surface area contributed by atoms with Gasteiger partial charge in [0.1, 0.15) is 12.6 Å². The Morgan fingerprint density at radius 3 is 1.98 bits per heavy atom. The van der Waals surface area contributed by atoms with Gasteiger partial charge in [-0.3, -0.25) is 13.9 Å². The number of sulfonamides is 1. The quantitative estimate of drug-likeness (QED) is 0.171. The van der Waals surface area contributed by atoms with Crippen LogP contribution < -0.4 is 9.62 Å². The second-order valence-corrected chi connectivity index (χ2v) is 14.2. The molecule has 1 saturated carbocycles. The molecule has 1 aliphatic carbocycles. The lowest BCUT2D eigenvalue weighted by atomic mass is 9.94. The van der Waals surface area contributed by atoms with Crippen molar-refractivity contribution in [3.63, 3.8) is 0 Å². The predicted octanol–water partition coefficient (Wildman–Crippen LogP) is 7.28. The highest BCUT2D eigenvalue weighted by Gasteiger charge is 2.36. The fourth-order valence-electron chi connectivity index (χ4n) is 5.79. The molecule has 0 aliphatic heterocycles. The van der Waals surface area contributed by atoms with Crippen LogP contribution in [0.15, 0.2) is 114 Å². The summed E-state index contributed by atoms with van der Waals surface area (Å²) in [6, 6.07) is 30.4. The molecule has 1 N–H and O–H groups in total. The standard InChI is InChI=1S/C36H37Cl2N3O4S/c37-29-21-22-33(32(38)24-29)41(46(44,45)31-19-11-4-12-20-31)26-35(42)40(25-28-15-7-2-8-16-28)34(23-27-13-5-1-6-14-27)36(43)39-30-17-9-3-10-18-30/h1-2,4-8,11-16,19-22,24,30,34H,3,9-10,17-18,23,25-26H2,(H,39,43)/t34-/m0/s1. The van der Waals surface area contributed by atoms with Crippen molar-refractivity contribution in [2.45, 2.75) is 62.0 Å². The van der Waals surface area contributed by atoms with Gasteiger partial charge in [0.2, 0.25) is 11.8 Å². The van der Waals surface area contributed by atoms with Crippen LogP contribution >= 0.6 is 23.2 Å². The van der Waals surface area contributed by atoms with Gasteiger partial charge in [0, 0.05) is 24.0 Å². The van der Waals surface area contributed by atoms with E-state index in [2.05, 4.69) is 5.32 Å². The molecule has 5 rings (SSSR count). The van der Waals surface area contributed by atoms with Gasteiger partial charge in [0.05, 0.1) is 15.6 Å². The zero-order chi connectivity index (χ0) is 32.5. The summed E-state index contributed by atoms with van der Waals surface area (Å²) < 4.78 is 29.3. The Morgan fingerprint density at radius 1 is 0.783 bits per heavy atom. The monoisotopic (exact) mass is 677 g/mol. The van der Waals surface area contributed by atoms with Crippen molar-refractivity contribution in [3.05, 3.63) is 130 Å². The lowest BCUT2D eigenvalue weighted by molar-refractivity contribution is -0.140. The van der Waals surface area contributed by atoms with E-state index in [4.69, 9.17) is 23.2 Å². The van der Waals surface area contributed by atoms with Crippen LogP contribution in [-0.4, -0.2) is 43.8 Å². The molecule has 46 heavy (non-hydrogen) atoms. The largest absolute Gasteiger partial charge is 0.352 e. The number of hydrogen-bond donors (Lipinski definition) is 1. The third-order valence-electron chi connectivity index (χ3n) is 8.21. The molecular weight excluding hydrogens is 641 g/mol. The van der Waals surface area contributed by atoms with E-state index in [-0.39, 0.29) is 40.5 Å². The second kappa shape index (κ2) is 15.6. The third-order valence-corrected chi connectivity index (χ3v) is 10.5. The Labute approximate surface area is 281 Å². The minimum absolute atomic E-state index is 0.000645. The first-order chi connectivity index (χ1) is 22.2. The normalized spacial score (nSPS) is 14.3. The molecule has 240 valence electrons. The van der Waals surface area contributed by atoms with E-state index >= 15 is 0 Å².